The molecule has 0 saturated carbocycles. The molecule has 1 aromatic rings. The van der Waals surface area contributed by atoms with Gasteiger partial charge in [0.2, 0.25) is 0 Å². The van der Waals surface area contributed by atoms with Gasteiger partial charge in [0.05, 0.1) is 12.0 Å². The summed E-state index contributed by atoms with van der Waals surface area (Å²) in [6.07, 6.45) is 1.80. The van der Waals surface area contributed by atoms with Gasteiger partial charge in [-0.1, -0.05) is 18.2 Å². The van der Waals surface area contributed by atoms with E-state index < -0.39 is 0 Å². The second-order valence-corrected chi connectivity index (χ2v) is 4.50. The standard InChI is InChI=1S/C12H14INO/c1-15-8-4-5-10(9-14)11-6-2-3-7-12(11)13/h2-3,6-7,10H,4-5,8H2,1H3. The molecule has 0 fully saturated rings. The van der Waals surface area contributed by atoms with Crippen molar-refractivity contribution in [1.82, 2.24) is 0 Å². The maximum absolute atomic E-state index is 9.11. The molecule has 1 unspecified atom stereocenters. The highest BCUT2D eigenvalue weighted by molar-refractivity contribution is 14.1. The van der Waals surface area contributed by atoms with Crippen molar-refractivity contribution in [3.05, 3.63) is 33.4 Å². The third-order valence-corrected chi connectivity index (χ3v) is 3.26. The van der Waals surface area contributed by atoms with E-state index in [-0.39, 0.29) is 5.92 Å². The van der Waals surface area contributed by atoms with Crippen LogP contribution in [0.5, 0.6) is 0 Å². The topological polar surface area (TPSA) is 33.0 Å². The van der Waals surface area contributed by atoms with Crippen molar-refractivity contribution in [1.29, 1.82) is 5.26 Å². The van der Waals surface area contributed by atoms with Crippen LogP contribution in [0.15, 0.2) is 24.3 Å². The van der Waals surface area contributed by atoms with E-state index in [9.17, 15) is 0 Å². The van der Waals surface area contributed by atoms with Gasteiger partial charge in [-0.3, -0.25) is 0 Å². The van der Waals surface area contributed by atoms with Crippen LogP contribution in [0.2, 0.25) is 0 Å². The maximum atomic E-state index is 9.11. The lowest BCUT2D eigenvalue weighted by Gasteiger charge is -2.10. The molecule has 15 heavy (non-hydrogen) atoms. The lowest BCUT2D eigenvalue weighted by molar-refractivity contribution is 0.192. The minimum absolute atomic E-state index is 0.00625. The molecule has 1 aromatic carbocycles. The predicted octanol–water partition coefficient (Wildman–Crippen LogP) is 3.32. The van der Waals surface area contributed by atoms with Gasteiger partial charge in [0, 0.05) is 17.3 Å². The monoisotopic (exact) mass is 315 g/mol. The van der Waals surface area contributed by atoms with Crippen LogP contribution < -0.4 is 0 Å². The number of nitriles is 1. The Bertz CT molecular complexity index is 346. The summed E-state index contributed by atoms with van der Waals surface area (Å²) in [6.45, 7) is 0.724. The molecule has 0 amide bonds. The van der Waals surface area contributed by atoms with Gasteiger partial charge in [-0.05, 0) is 47.1 Å². The highest BCUT2D eigenvalue weighted by Crippen LogP contribution is 2.25. The SMILES string of the molecule is COCCCC(C#N)c1ccccc1I. The van der Waals surface area contributed by atoms with E-state index in [0.29, 0.717) is 0 Å². The van der Waals surface area contributed by atoms with Crippen LogP contribution in [0, 0.1) is 14.9 Å². The largest absolute Gasteiger partial charge is 0.385 e. The second-order valence-electron chi connectivity index (χ2n) is 3.34. The van der Waals surface area contributed by atoms with Crippen LogP contribution in [0.25, 0.3) is 0 Å². The average Bonchev–Trinajstić information content (AvgIpc) is 2.26. The number of benzene rings is 1. The molecule has 0 heterocycles. The third-order valence-electron chi connectivity index (χ3n) is 2.28. The van der Waals surface area contributed by atoms with Crippen molar-refractivity contribution in [2.45, 2.75) is 18.8 Å². The van der Waals surface area contributed by atoms with Crippen LogP contribution in [0.4, 0.5) is 0 Å². The first-order chi connectivity index (χ1) is 7.29. The Kier molecular flexibility index (Phi) is 5.66. The van der Waals surface area contributed by atoms with E-state index in [1.165, 1.54) is 3.57 Å². The molecule has 0 aromatic heterocycles. The van der Waals surface area contributed by atoms with Gasteiger partial charge in [0.15, 0.2) is 0 Å². The molecule has 1 atom stereocenters. The first-order valence-electron chi connectivity index (χ1n) is 4.92. The summed E-state index contributed by atoms with van der Waals surface area (Å²) in [5, 5.41) is 9.11. The van der Waals surface area contributed by atoms with Crippen molar-refractivity contribution in [2.75, 3.05) is 13.7 Å². The van der Waals surface area contributed by atoms with Crippen LogP contribution >= 0.6 is 22.6 Å². The van der Waals surface area contributed by atoms with E-state index in [1.54, 1.807) is 7.11 Å². The fraction of sp³-hybridized carbons (Fsp3) is 0.417. The second kappa shape index (κ2) is 6.81. The van der Waals surface area contributed by atoms with E-state index in [1.807, 2.05) is 24.3 Å². The number of nitrogens with zero attached hydrogens (tertiary/aromatic N) is 1. The van der Waals surface area contributed by atoms with Crippen molar-refractivity contribution in [3.8, 4) is 6.07 Å². The predicted molar refractivity (Wildman–Crippen MR) is 68.6 cm³/mol. The Morgan fingerprint density at radius 3 is 2.80 bits per heavy atom. The molecule has 2 nitrogen and oxygen atoms in total. The lowest BCUT2D eigenvalue weighted by atomic mass is 9.96. The van der Waals surface area contributed by atoms with Crippen LogP contribution in [-0.2, 0) is 4.74 Å². The number of ether oxygens (including phenoxy) is 1. The number of hydrogen-bond donors (Lipinski definition) is 0. The number of hydrogen-bond acceptors (Lipinski definition) is 2. The number of rotatable bonds is 5. The molecule has 0 spiro atoms. The Labute approximate surface area is 104 Å². The van der Waals surface area contributed by atoms with E-state index in [2.05, 4.69) is 28.7 Å². The molecule has 0 radical (unpaired) electrons. The molecule has 0 N–H and O–H groups in total. The van der Waals surface area contributed by atoms with Gasteiger partial charge in [-0.2, -0.15) is 5.26 Å². The van der Waals surface area contributed by atoms with E-state index >= 15 is 0 Å². The maximum Gasteiger partial charge on any atom is 0.0723 e. The van der Waals surface area contributed by atoms with Crippen molar-refractivity contribution >= 4 is 22.6 Å². The van der Waals surface area contributed by atoms with Gasteiger partial charge >= 0.3 is 0 Å². The summed E-state index contributed by atoms with van der Waals surface area (Å²) >= 11 is 2.28. The van der Waals surface area contributed by atoms with Gasteiger partial charge < -0.3 is 4.74 Å². The van der Waals surface area contributed by atoms with Crippen LogP contribution in [0.1, 0.15) is 24.3 Å². The summed E-state index contributed by atoms with van der Waals surface area (Å²) < 4.78 is 6.16. The highest BCUT2D eigenvalue weighted by Gasteiger charge is 2.12. The van der Waals surface area contributed by atoms with Gasteiger partial charge in [0.1, 0.15) is 0 Å². The Balaban J connectivity index is 2.67. The molecule has 0 aliphatic heterocycles. The fourth-order valence-electron chi connectivity index (χ4n) is 1.48. The molecular formula is C12H14INO. The molecule has 0 aliphatic rings. The smallest absolute Gasteiger partial charge is 0.0723 e. The molecule has 0 bridgehead atoms. The number of methoxy groups -OCH3 is 1. The molecule has 1 rings (SSSR count). The van der Waals surface area contributed by atoms with Crippen molar-refractivity contribution in [2.24, 2.45) is 0 Å². The van der Waals surface area contributed by atoms with Crippen molar-refractivity contribution in [3.63, 3.8) is 0 Å². The third kappa shape index (κ3) is 3.80. The minimum atomic E-state index is -0.00625. The van der Waals surface area contributed by atoms with E-state index in [0.717, 1.165) is 25.0 Å². The zero-order valence-electron chi connectivity index (χ0n) is 8.74. The van der Waals surface area contributed by atoms with Crippen LogP contribution in [0.3, 0.4) is 0 Å². The average molecular weight is 315 g/mol. The molecule has 3 heteroatoms. The quantitative estimate of drug-likeness (QED) is 0.617. The summed E-state index contributed by atoms with van der Waals surface area (Å²) in [6, 6.07) is 10.4. The van der Waals surface area contributed by atoms with Gasteiger partial charge in [-0.15, -0.1) is 0 Å². The zero-order chi connectivity index (χ0) is 11.1. The zero-order valence-corrected chi connectivity index (χ0v) is 10.9. The Hall–Kier alpha value is -0.600. The first kappa shape index (κ1) is 12.5. The minimum Gasteiger partial charge on any atom is -0.385 e. The van der Waals surface area contributed by atoms with Crippen molar-refractivity contribution < 1.29 is 4.74 Å². The molecule has 0 saturated heterocycles. The highest BCUT2D eigenvalue weighted by atomic mass is 127. The fourth-order valence-corrected chi connectivity index (χ4v) is 2.24. The van der Waals surface area contributed by atoms with Crippen LogP contribution in [-0.4, -0.2) is 13.7 Å². The lowest BCUT2D eigenvalue weighted by Crippen LogP contribution is -2.00. The molecular weight excluding hydrogens is 301 g/mol. The first-order valence-corrected chi connectivity index (χ1v) is 6.00. The summed E-state index contributed by atoms with van der Waals surface area (Å²) in [4.78, 5) is 0. The Morgan fingerprint density at radius 1 is 1.47 bits per heavy atom. The summed E-state index contributed by atoms with van der Waals surface area (Å²) in [5.74, 6) is -0.00625. The summed E-state index contributed by atoms with van der Waals surface area (Å²) in [5.41, 5.74) is 1.14. The normalized spacial score (nSPS) is 12.1. The van der Waals surface area contributed by atoms with E-state index in [4.69, 9.17) is 10.00 Å². The molecule has 80 valence electrons. The molecule has 0 aliphatic carbocycles. The summed E-state index contributed by atoms with van der Waals surface area (Å²) in [7, 11) is 1.69. The van der Waals surface area contributed by atoms with Gasteiger partial charge in [0.25, 0.3) is 0 Å². The van der Waals surface area contributed by atoms with Gasteiger partial charge in [-0.25, -0.2) is 0 Å². The number of halogens is 1. The Morgan fingerprint density at radius 2 is 2.20 bits per heavy atom.